The summed E-state index contributed by atoms with van der Waals surface area (Å²) in [7, 11) is 4.61. The molecule has 1 N–H and O–H groups in total. The molecule has 0 aliphatic heterocycles. The summed E-state index contributed by atoms with van der Waals surface area (Å²) in [6.07, 6.45) is 0. The molecule has 0 saturated heterocycles. The topological polar surface area (TPSA) is 66.0 Å². The van der Waals surface area contributed by atoms with Gasteiger partial charge in [-0.05, 0) is 24.3 Å². The molecule has 0 atom stereocenters. The summed E-state index contributed by atoms with van der Waals surface area (Å²) in [5.41, 5.74) is 0.756. The Hall–Kier alpha value is -2.60. The number of ether oxygens (including phenoxy) is 4. The van der Waals surface area contributed by atoms with Gasteiger partial charge in [-0.3, -0.25) is 4.79 Å². The quantitative estimate of drug-likeness (QED) is 0.778. The zero-order valence-corrected chi connectivity index (χ0v) is 15.1. The first kappa shape index (κ1) is 18.7. The van der Waals surface area contributed by atoms with Gasteiger partial charge >= 0.3 is 0 Å². The average Bonchev–Trinajstić information content (AvgIpc) is 2.64. The Bertz CT molecular complexity index is 735. The number of methoxy groups -OCH3 is 3. The lowest BCUT2D eigenvalue weighted by atomic mass is 10.1. The lowest BCUT2D eigenvalue weighted by Crippen LogP contribution is -2.28. The second kappa shape index (κ2) is 9.03. The van der Waals surface area contributed by atoms with Gasteiger partial charge in [0.15, 0.2) is 18.1 Å². The number of carbonyl (C=O) groups is 1. The number of para-hydroxylation sites is 1. The number of rotatable bonds is 8. The molecule has 0 bridgehead atoms. The molecule has 0 aliphatic rings. The van der Waals surface area contributed by atoms with Gasteiger partial charge in [0.25, 0.3) is 5.91 Å². The minimum atomic E-state index is -0.281. The van der Waals surface area contributed by atoms with E-state index in [0.717, 1.165) is 5.56 Å². The lowest BCUT2D eigenvalue weighted by molar-refractivity contribution is -0.123. The molecule has 0 radical (unpaired) electrons. The van der Waals surface area contributed by atoms with E-state index in [1.807, 2.05) is 0 Å². The molecule has 1 amide bonds. The molecule has 7 heteroatoms. The normalized spacial score (nSPS) is 10.1. The predicted octanol–water partition coefficient (Wildman–Crippen LogP) is 3.06. The second-order valence-corrected chi connectivity index (χ2v) is 5.40. The highest BCUT2D eigenvalue weighted by Gasteiger charge is 2.16. The number of carbonyl (C=O) groups excluding carboxylic acids is 1. The van der Waals surface area contributed by atoms with Gasteiger partial charge in [-0.15, -0.1) is 0 Å². The van der Waals surface area contributed by atoms with Gasteiger partial charge in [-0.1, -0.05) is 23.7 Å². The van der Waals surface area contributed by atoms with Crippen LogP contribution in [0.3, 0.4) is 0 Å². The summed E-state index contributed by atoms with van der Waals surface area (Å²) in [4.78, 5) is 12.0. The lowest BCUT2D eigenvalue weighted by Gasteiger charge is -2.16. The van der Waals surface area contributed by atoms with Crippen molar-refractivity contribution in [3.8, 4) is 23.0 Å². The van der Waals surface area contributed by atoms with Crippen molar-refractivity contribution in [1.82, 2.24) is 5.32 Å². The van der Waals surface area contributed by atoms with E-state index < -0.39 is 0 Å². The Morgan fingerprint density at radius 2 is 1.68 bits per heavy atom. The SMILES string of the molecule is COc1ccc(CNC(=O)COc2ccccc2Cl)c(OC)c1OC. The summed E-state index contributed by atoms with van der Waals surface area (Å²) in [6.45, 7) is 0.119. The monoisotopic (exact) mass is 365 g/mol. The van der Waals surface area contributed by atoms with Crippen molar-refractivity contribution in [2.75, 3.05) is 27.9 Å². The van der Waals surface area contributed by atoms with E-state index in [1.54, 1.807) is 43.5 Å². The molecule has 0 unspecified atom stereocenters. The molecular formula is C18H20ClNO5. The van der Waals surface area contributed by atoms with Crippen molar-refractivity contribution in [1.29, 1.82) is 0 Å². The van der Waals surface area contributed by atoms with Crippen molar-refractivity contribution in [2.45, 2.75) is 6.54 Å². The van der Waals surface area contributed by atoms with Crippen molar-refractivity contribution in [3.63, 3.8) is 0 Å². The fraction of sp³-hybridized carbons (Fsp3) is 0.278. The Balaban J connectivity index is 1.98. The van der Waals surface area contributed by atoms with Gasteiger partial charge in [-0.25, -0.2) is 0 Å². The highest BCUT2D eigenvalue weighted by atomic mass is 35.5. The predicted molar refractivity (Wildman–Crippen MR) is 94.9 cm³/mol. The molecule has 2 aromatic rings. The van der Waals surface area contributed by atoms with Crippen LogP contribution >= 0.6 is 11.6 Å². The zero-order chi connectivity index (χ0) is 18.2. The van der Waals surface area contributed by atoms with Gasteiger partial charge in [0.2, 0.25) is 5.75 Å². The number of halogens is 1. The first-order valence-corrected chi connectivity index (χ1v) is 7.90. The Kier molecular flexibility index (Phi) is 6.77. The van der Waals surface area contributed by atoms with Crippen LogP contribution in [-0.4, -0.2) is 33.8 Å². The molecule has 0 saturated carbocycles. The first-order valence-electron chi connectivity index (χ1n) is 7.52. The number of hydrogen-bond donors (Lipinski definition) is 1. The molecule has 2 aromatic carbocycles. The van der Waals surface area contributed by atoms with Gasteiger partial charge < -0.3 is 24.3 Å². The van der Waals surface area contributed by atoms with Crippen molar-refractivity contribution in [2.24, 2.45) is 0 Å². The smallest absolute Gasteiger partial charge is 0.258 e. The third-order valence-electron chi connectivity index (χ3n) is 3.46. The average molecular weight is 366 g/mol. The van der Waals surface area contributed by atoms with Gasteiger partial charge in [0.1, 0.15) is 5.75 Å². The molecule has 134 valence electrons. The minimum absolute atomic E-state index is 0.140. The van der Waals surface area contributed by atoms with Crippen molar-refractivity contribution >= 4 is 17.5 Å². The summed E-state index contributed by atoms with van der Waals surface area (Å²) in [5, 5.41) is 3.22. The number of benzene rings is 2. The molecule has 0 aliphatic carbocycles. The highest BCUT2D eigenvalue weighted by Crippen LogP contribution is 2.39. The second-order valence-electron chi connectivity index (χ2n) is 4.99. The zero-order valence-electron chi connectivity index (χ0n) is 14.3. The summed E-state index contributed by atoms with van der Waals surface area (Å²) in [5.74, 6) is 1.72. The van der Waals surface area contributed by atoms with Crippen LogP contribution in [0.25, 0.3) is 0 Å². The van der Waals surface area contributed by atoms with Crippen LogP contribution in [0.5, 0.6) is 23.0 Å². The van der Waals surface area contributed by atoms with Crippen LogP contribution in [0.15, 0.2) is 36.4 Å². The van der Waals surface area contributed by atoms with Crippen LogP contribution in [0.1, 0.15) is 5.56 Å². The maximum Gasteiger partial charge on any atom is 0.258 e. The molecule has 0 fully saturated rings. The highest BCUT2D eigenvalue weighted by molar-refractivity contribution is 6.32. The van der Waals surface area contributed by atoms with E-state index >= 15 is 0 Å². The summed E-state index contributed by atoms with van der Waals surface area (Å²) < 4.78 is 21.3. The molecule has 0 aromatic heterocycles. The Morgan fingerprint density at radius 1 is 0.960 bits per heavy atom. The van der Waals surface area contributed by atoms with E-state index in [1.165, 1.54) is 14.2 Å². The van der Waals surface area contributed by atoms with Gasteiger partial charge in [0.05, 0.1) is 26.4 Å². The summed E-state index contributed by atoms with van der Waals surface area (Å²) in [6, 6.07) is 10.5. The van der Waals surface area contributed by atoms with E-state index in [2.05, 4.69) is 5.32 Å². The maximum atomic E-state index is 12.0. The fourth-order valence-corrected chi connectivity index (χ4v) is 2.44. The van der Waals surface area contributed by atoms with E-state index in [9.17, 15) is 4.79 Å². The van der Waals surface area contributed by atoms with E-state index in [4.69, 9.17) is 30.5 Å². The van der Waals surface area contributed by atoms with Crippen LogP contribution in [0.2, 0.25) is 5.02 Å². The standard InChI is InChI=1S/C18H20ClNO5/c1-22-15-9-8-12(17(23-2)18(15)24-3)10-20-16(21)11-25-14-7-5-4-6-13(14)19/h4-9H,10-11H2,1-3H3,(H,20,21). The molecule has 0 heterocycles. The number of nitrogens with one attached hydrogen (secondary N) is 1. The van der Waals surface area contributed by atoms with Gasteiger partial charge in [0, 0.05) is 12.1 Å². The van der Waals surface area contributed by atoms with E-state index in [0.29, 0.717) is 28.0 Å². The van der Waals surface area contributed by atoms with Crippen LogP contribution in [0, 0.1) is 0 Å². The van der Waals surface area contributed by atoms with E-state index in [-0.39, 0.29) is 19.1 Å². The first-order chi connectivity index (χ1) is 12.1. The Labute approximate surface area is 151 Å². The maximum absolute atomic E-state index is 12.0. The fourth-order valence-electron chi connectivity index (χ4n) is 2.25. The molecule has 25 heavy (non-hydrogen) atoms. The number of hydrogen-bond acceptors (Lipinski definition) is 5. The largest absolute Gasteiger partial charge is 0.493 e. The van der Waals surface area contributed by atoms with Gasteiger partial charge in [-0.2, -0.15) is 0 Å². The third-order valence-corrected chi connectivity index (χ3v) is 3.77. The molecule has 0 spiro atoms. The van der Waals surface area contributed by atoms with Crippen LogP contribution in [0.4, 0.5) is 0 Å². The van der Waals surface area contributed by atoms with Crippen molar-refractivity contribution in [3.05, 3.63) is 47.0 Å². The van der Waals surface area contributed by atoms with Crippen LogP contribution in [-0.2, 0) is 11.3 Å². The number of amides is 1. The third kappa shape index (κ3) is 4.70. The molecule has 2 rings (SSSR count). The summed E-state index contributed by atoms with van der Waals surface area (Å²) >= 11 is 5.98. The molecular weight excluding hydrogens is 346 g/mol. The minimum Gasteiger partial charge on any atom is -0.493 e. The Morgan fingerprint density at radius 3 is 2.32 bits per heavy atom. The molecule has 6 nitrogen and oxygen atoms in total. The van der Waals surface area contributed by atoms with Crippen LogP contribution < -0.4 is 24.3 Å². The van der Waals surface area contributed by atoms with Crippen molar-refractivity contribution < 1.29 is 23.7 Å².